The van der Waals surface area contributed by atoms with Crippen LogP contribution in [0.1, 0.15) is 25.8 Å². The second kappa shape index (κ2) is 5.65. The highest BCUT2D eigenvalue weighted by Crippen LogP contribution is 2.26. The lowest BCUT2D eigenvalue weighted by molar-refractivity contribution is 0.623. The van der Waals surface area contributed by atoms with Crippen LogP contribution in [0.3, 0.4) is 0 Å². The predicted octanol–water partition coefficient (Wildman–Crippen LogP) is 4.52. The van der Waals surface area contributed by atoms with E-state index in [4.69, 9.17) is 0 Å². The first-order valence-corrected chi connectivity index (χ1v) is 6.97. The van der Waals surface area contributed by atoms with Crippen LogP contribution in [0.4, 0.5) is 10.2 Å². The van der Waals surface area contributed by atoms with Gasteiger partial charge in [0.25, 0.3) is 0 Å². The van der Waals surface area contributed by atoms with Gasteiger partial charge in [0.15, 0.2) is 0 Å². The standard InChI is InChI=1S/C14H16BrFN2/c1-3-5-9-6-10-7-11(15)12(16)8-13(10)18-14(9)17-4-2/h6-8H,3-5H2,1-2H3,(H,17,18). The highest BCUT2D eigenvalue weighted by Gasteiger charge is 2.08. The molecule has 0 spiro atoms. The van der Waals surface area contributed by atoms with Crippen molar-refractivity contribution in [2.24, 2.45) is 0 Å². The minimum absolute atomic E-state index is 0.277. The lowest BCUT2D eigenvalue weighted by Crippen LogP contribution is -2.04. The van der Waals surface area contributed by atoms with Crippen molar-refractivity contribution in [1.29, 1.82) is 0 Å². The SMILES string of the molecule is CCCc1cc2cc(Br)c(F)cc2nc1NCC. The van der Waals surface area contributed by atoms with Crippen molar-refractivity contribution in [3.8, 4) is 0 Å². The number of rotatable bonds is 4. The Morgan fingerprint density at radius 3 is 2.72 bits per heavy atom. The van der Waals surface area contributed by atoms with E-state index in [2.05, 4.69) is 39.2 Å². The average Bonchev–Trinajstić information content (AvgIpc) is 2.33. The Hall–Kier alpha value is -1.16. The number of aromatic nitrogens is 1. The Morgan fingerprint density at radius 1 is 1.28 bits per heavy atom. The zero-order valence-corrected chi connectivity index (χ0v) is 12.1. The topological polar surface area (TPSA) is 24.9 Å². The summed E-state index contributed by atoms with van der Waals surface area (Å²) < 4.78 is 14.0. The number of halogens is 2. The molecular weight excluding hydrogens is 295 g/mol. The first-order chi connectivity index (χ1) is 8.65. The Morgan fingerprint density at radius 2 is 2.06 bits per heavy atom. The van der Waals surface area contributed by atoms with E-state index in [-0.39, 0.29) is 5.82 Å². The van der Waals surface area contributed by atoms with Crippen molar-refractivity contribution in [2.75, 3.05) is 11.9 Å². The van der Waals surface area contributed by atoms with Gasteiger partial charge in [0.1, 0.15) is 11.6 Å². The fourth-order valence-electron chi connectivity index (χ4n) is 1.99. The molecule has 0 aliphatic heterocycles. The molecule has 0 unspecified atom stereocenters. The summed E-state index contributed by atoms with van der Waals surface area (Å²) >= 11 is 3.21. The second-order valence-corrected chi connectivity index (χ2v) is 5.09. The maximum Gasteiger partial charge on any atom is 0.139 e. The number of anilines is 1. The summed E-state index contributed by atoms with van der Waals surface area (Å²) in [5.74, 6) is 0.592. The Balaban J connectivity index is 2.60. The fraction of sp³-hybridized carbons (Fsp3) is 0.357. The van der Waals surface area contributed by atoms with Crippen molar-refractivity contribution < 1.29 is 4.39 Å². The number of hydrogen-bond donors (Lipinski definition) is 1. The third-order valence-electron chi connectivity index (χ3n) is 2.80. The highest BCUT2D eigenvalue weighted by molar-refractivity contribution is 9.10. The van der Waals surface area contributed by atoms with E-state index < -0.39 is 0 Å². The maximum atomic E-state index is 13.5. The van der Waals surface area contributed by atoms with Gasteiger partial charge in [-0.15, -0.1) is 0 Å². The summed E-state index contributed by atoms with van der Waals surface area (Å²) in [5.41, 5.74) is 1.87. The monoisotopic (exact) mass is 310 g/mol. The van der Waals surface area contributed by atoms with Crippen molar-refractivity contribution >= 4 is 32.7 Å². The van der Waals surface area contributed by atoms with Gasteiger partial charge < -0.3 is 5.32 Å². The van der Waals surface area contributed by atoms with E-state index in [1.165, 1.54) is 11.6 Å². The van der Waals surface area contributed by atoms with Gasteiger partial charge >= 0.3 is 0 Å². The van der Waals surface area contributed by atoms with Crippen molar-refractivity contribution in [1.82, 2.24) is 4.98 Å². The van der Waals surface area contributed by atoms with E-state index in [1.807, 2.05) is 6.92 Å². The van der Waals surface area contributed by atoms with Crippen LogP contribution in [-0.4, -0.2) is 11.5 Å². The van der Waals surface area contributed by atoms with Crippen LogP contribution in [0, 0.1) is 5.82 Å². The quantitative estimate of drug-likeness (QED) is 0.898. The van der Waals surface area contributed by atoms with E-state index in [0.717, 1.165) is 30.6 Å². The maximum absolute atomic E-state index is 13.5. The van der Waals surface area contributed by atoms with Crippen molar-refractivity contribution in [3.05, 3.63) is 34.1 Å². The minimum atomic E-state index is -0.277. The molecule has 1 heterocycles. The summed E-state index contributed by atoms with van der Waals surface area (Å²) in [6.45, 7) is 4.98. The van der Waals surface area contributed by atoms with Crippen LogP contribution in [0.25, 0.3) is 10.9 Å². The normalized spacial score (nSPS) is 10.9. The van der Waals surface area contributed by atoms with Gasteiger partial charge in [0, 0.05) is 18.0 Å². The summed E-state index contributed by atoms with van der Waals surface area (Å²) in [6.07, 6.45) is 2.04. The number of nitrogens with one attached hydrogen (secondary N) is 1. The molecule has 1 aromatic heterocycles. The zero-order chi connectivity index (χ0) is 13.1. The van der Waals surface area contributed by atoms with E-state index in [1.54, 1.807) is 6.07 Å². The van der Waals surface area contributed by atoms with E-state index in [0.29, 0.717) is 9.99 Å². The molecule has 0 atom stereocenters. The van der Waals surface area contributed by atoms with Crippen molar-refractivity contribution in [2.45, 2.75) is 26.7 Å². The molecule has 0 amide bonds. The fourth-order valence-corrected chi connectivity index (χ4v) is 2.35. The van der Waals surface area contributed by atoms with Gasteiger partial charge in [-0.25, -0.2) is 9.37 Å². The number of fused-ring (bicyclic) bond motifs is 1. The molecule has 0 aliphatic carbocycles. The largest absolute Gasteiger partial charge is 0.370 e. The van der Waals surface area contributed by atoms with Gasteiger partial charge in [-0.05, 0) is 47.0 Å². The van der Waals surface area contributed by atoms with Crippen LogP contribution < -0.4 is 5.32 Å². The van der Waals surface area contributed by atoms with Crippen LogP contribution in [0.15, 0.2) is 22.7 Å². The molecule has 0 bridgehead atoms. The van der Waals surface area contributed by atoms with Crippen LogP contribution in [-0.2, 0) is 6.42 Å². The van der Waals surface area contributed by atoms with Crippen LogP contribution in [0.2, 0.25) is 0 Å². The molecule has 0 saturated carbocycles. The molecule has 96 valence electrons. The Kier molecular flexibility index (Phi) is 4.17. The lowest BCUT2D eigenvalue weighted by Gasteiger charge is -2.11. The molecule has 1 N–H and O–H groups in total. The number of benzene rings is 1. The summed E-state index contributed by atoms with van der Waals surface area (Å²) in [5, 5.41) is 4.21. The van der Waals surface area contributed by atoms with Gasteiger partial charge in [0.05, 0.1) is 9.99 Å². The molecule has 1 aromatic carbocycles. The molecule has 0 fully saturated rings. The molecule has 0 radical (unpaired) electrons. The first-order valence-electron chi connectivity index (χ1n) is 6.18. The third-order valence-corrected chi connectivity index (χ3v) is 3.41. The molecule has 4 heteroatoms. The molecule has 18 heavy (non-hydrogen) atoms. The van der Waals surface area contributed by atoms with E-state index >= 15 is 0 Å². The second-order valence-electron chi connectivity index (χ2n) is 4.24. The van der Waals surface area contributed by atoms with Gasteiger partial charge in [-0.2, -0.15) is 0 Å². The summed E-state index contributed by atoms with van der Waals surface area (Å²) in [6, 6.07) is 5.34. The van der Waals surface area contributed by atoms with Gasteiger partial charge in [-0.1, -0.05) is 13.3 Å². The zero-order valence-electron chi connectivity index (χ0n) is 10.6. The lowest BCUT2D eigenvalue weighted by atomic mass is 10.1. The minimum Gasteiger partial charge on any atom is -0.370 e. The molecular formula is C14H16BrFN2. The summed E-state index contributed by atoms with van der Waals surface area (Å²) in [4.78, 5) is 4.51. The highest BCUT2D eigenvalue weighted by atomic mass is 79.9. The predicted molar refractivity (Wildman–Crippen MR) is 77.6 cm³/mol. The smallest absolute Gasteiger partial charge is 0.139 e. The summed E-state index contributed by atoms with van der Waals surface area (Å²) in [7, 11) is 0. The molecule has 0 aliphatic rings. The van der Waals surface area contributed by atoms with Crippen LogP contribution >= 0.6 is 15.9 Å². The van der Waals surface area contributed by atoms with Crippen LogP contribution in [0.5, 0.6) is 0 Å². The molecule has 2 nitrogen and oxygen atoms in total. The number of pyridine rings is 1. The van der Waals surface area contributed by atoms with Gasteiger partial charge in [-0.3, -0.25) is 0 Å². The molecule has 2 rings (SSSR count). The first kappa shape index (κ1) is 13.3. The molecule has 2 aromatic rings. The Labute approximate surface area is 115 Å². The molecule has 0 saturated heterocycles. The number of aryl methyl sites for hydroxylation is 1. The third kappa shape index (κ3) is 2.64. The average molecular weight is 311 g/mol. The number of hydrogen-bond acceptors (Lipinski definition) is 2. The van der Waals surface area contributed by atoms with E-state index in [9.17, 15) is 4.39 Å². The Bertz CT molecular complexity index is 519. The van der Waals surface area contributed by atoms with Crippen molar-refractivity contribution in [3.63, 3.8) is 0 Å². The number of nitrogens with zero attached hydrogens (tertiary/aromatic N) is 1. The van der Waals surface area contributed by atoms with Gasteiger partial charge in [0.2, 0.25) is 0 Å².